The van der Waals surface area contributed by atoms with Gasteiger partial charge in [0.1, 0.15) is 0 Å². The molecule has 1 aromatic heterocycles. The molecule has 1 heterocycles. The van der Waals surface area contributed by atoms with Crippen molar-refractivity contribution in [3.05, 3.63) is 30.1 Å². The number of hydrogen-bond acceptors (Lipinski definition) is 3. The summed E-state index contributed by atoms with van der Waals surface area (Å²) in [4.78, 5) is 6.88. The summed E-state index contributed by atoms with van der Waals surface area (Å²) in [6.45, 7) is 4.18. The third kappa shape index (κ3) is 3.54. The first-order chi connectivity index (χ1) is 9.16. The summed E-state index contributed by atoms with van der Waals surface area (Å²) in [6, 6.07) is 6.13. The van der Waals surface area contributed by atoms with Gasteiger partial charge in [-0.3, -0.25) is 9.88 Å². The van der Waals surface area contributed by atoms with E-state index in [9.17, 15) is 0 Å². The predicted octanol–water partition coefficient (Wildman–Crippen LogP) is 2.46. The number of hydrogen-bond donors (Lipinski definition) is 1. The maximum absolute atomic E-state index is 6.10. The molecule has 19 heavy (non-hydrogen) atoms. The molecule has 1 aromatic rings. The molecule has 0 radical (unpaired) electrons. The summed E-state index contributed by atoms with van der Waals surface area (Å²) in [5, 5.41) is 0. The number of nitrogens with zero attached hydrogens (tertiary/aromatic N) is 2. The van der Waals surface area contributed by atoms with E-state index in [0.717, 1.165) is 25.4 Å². The zero-order valence-corrected chi connectivity index (χ0v) is 12.3. The van der Waals surface area contributed by atoms with Crippen molar-refractivity contribution in [2.24, 2.45) is 11.7 Å². The maximum atomic E-state index is 6.10. The lowest BCUT2D eigenvalue weighted by Crippen LogP contribution is -2.54. The van der Waals surface area contributed by atoms with Crippen LogP contribution in [0.3, 0.4) is 0 Å². The Morgan fingerprint density at radius 2 is 2.11 bits per heavy atom. The Kier molecular flexibility index (Phi) is 4.94. The van der Waals surface area contributed by atoms with Gasteiger partial charge in [0.05, 0.1) is 0 Å². The number of pyridine rings is 1. The third-order valence-corrected chi connectivity index (χ3v) is 4.82. The van der Waals surface area contributed by atoms with E-state index in [1.165, 1.54) is 31.4 Å². The fourth-order valence-electron chi connectivity index (χ4n) is 3.11. The Bertz CT molecular complexity index is 369. The second-order valence-corrected chi connectivity index (χ2v) is 6.10. The normalized spacial score (nSPS) is 27.7. The topological polar surface area (TPSA) is 42.1 Å². The van der Waals surface area contributed by atoms with Gasteiger partial charge in [-0.15, -0.1) is 0 Å². The van der Waals surface area contributed by atoms with E-state index in [1.54, 1.807) is 0 Å². The lowest BCUT2D eigenvalue weighted by Gasteiger charge is -2.45. The van der Waals surface area contributed by atoms with Crippen LogP contribution in [-0.2, 0) is 6.42 Å². The second kappa shape index (κ2) is 6.49. The summed E-state index contributed by atoms with van der Waals surface area (Å²) in [7, 11) is 2.23. The molecule has 0 aliphatic heterocycles. The summed E-state index contributed by atoms with van der Waals surface area (Å²) in [5.41, 5.74) is 7.49. The van der Waals surface area contributed by atoms with Gasteiger partial charge in [-0.1, -0.05) is 13.0 Å². The molecule has 0 spiro atoms. The number of nitrogens with two attached hydrogens (primary N) is 1. The Labute approximate surface area is 117 Å². The molecule has 2 rings (SSSR count). The van der Waals surface area contributed by atoms with E-state index in [0.29, 0.717) is 0 Å². The Hall–Kier alpha value is -0.930. The highest BCUT2D eigenvalue weighted by Gasteiger charge is 2.36. The maximum Gasteiger partial charge on any atom is 0.0416 e. The number of likely N-dealkylation sites (N-methyl/N-ethyl adjacent to an activating group) is 1. The molecule has 3 nitrogen and oxygen atoms in total. The van der Waals surface area contributed by atoms with Gasteiger partial charge in [0.15, 0.2) is 0 Å². The second-order valence-electron chi connectivity index (χ2n) is 6.10. The standard InChI is InChI=1S/C16H27N3/c1-14-6-9-16(13-17,10-7-14)19(2)12-8-15-5-3-4-11-18-15/h3-5,11,14H,6-10,12-13,17H2,1-2H3. The van der Waals surface area contributed by atoms with Gasteiger partial charge in [-0.2, -0.15) is 0 Å². The van der Waals surface area contributed by atoms with Crippen LogP contribution in [0.4, 0.5) is 0 Å². The summed E-state index contributed by atoms with van der Waals surface area (Å²) in [6.07, 6.45) is 7.98. The van der Waals surface area contributed by atoms with Crippen molar-refractivity contribution in [2.75, 3.05) is 20.1 Å². The molecule has 106 valence electrons. The van der Waals surface area contributed by atoms with Gasteiger partial charge in [0.2, 0.25) is 0 Å². The van der Waals surface area contributed by atoms with Crippen LogP contribution in [0, 0.1) is 5.92 Å². The van der Waals surface area contributed by atoms with Crippen molar-refractivity contribution < 1.29 is 0 Å². The largest absolute Gasteiger partial charge is 0.329 e. The van der Waals surface area contributed by atoms with E-state index in [1.807, 2.05) is 12.3 Å². The van der Waals surface area contributed by atoms with Gasteiger partial charge < -0.3 is 5.73 Å². The van der Waals surface area contributed by atoms with Gasteiger partial charge >= 0.3 is 0 Å². The van der Waals surface area contributed by atoms with Crippen LogP contribution in [0.25, 0.3) is 0 Å². The summed E-state index contributed by atoms with van der Waals surface area (Å²) < 4.78 is 0. The van der Waals surface area contributed by atoms with Crippen LogP contribution in [0.5, 0.6) is 0 Å². The van der Waals surface area contributed by atoms with Gasteiger partial charge in [0, 0.05) is 36.9 Å². The average molecular weight is 261 g/mol. The molecule has 1 aliphatic rings. The van der Waals surface area contributed by atoms with Crippen molar-refractivity contribution in [3.8, 4) is 0 Å². The van der Waals surface area contributed by atoms with E-state index >= 15 is 0 Å². The summed E-state index contributed by atoms with van der Waals surface area (Å²) in [5.74, 6) is 0.865. The SMILES string of the molecule is CC1CCC(CN)(N(C)CCc2ccccn2)CC1. The highest BCUT2D eigenvalue weighted by atomic mass is 15.2. The quantitative estimate of drug-likeness (QED) is 0.885. The van der Waals surface area contributed by atoms with E-state index in [2.05, 4.69) is 36.0 Å². The van der Waals surface area contributed by atoms with Crippen LogP contribution in [-0.4, -0.2) is 35.6 Å². The molecular formula is C16H27N3. The first-order valence-corrected chi connectivity index (χ1v) is 7.47. The molecule has 3 heteroatoms. The molecule has 0 saturated heterocycles. The van der Waals surface area contributed by atoms with E-state index in [-0.39, 0.29) is 5.54 Å². The fraction of sp³-hybridized carbons (Fsp3) is 0.688. The Balaban J connectivity index is 1.92. The van der Waals surface area contributed by atoms with Crippen LogP contribution >= 0.6 is 0 Å². The summed E-state index contributed by atoms with van der Waals surface area (Å²) >= 11 is 0. The van der Waals surface area contributed by atoms with Crippen molar-refractivity contribution >= 4 is 0 Å². The third-order valence-electron chi connectivity index (χ3n) is 4.82. The molecule has 1 fully saturated rings. The molecule has 1 aliphatic carbocycles. The van der Waals surface area contributed by atoms with Gasteiger partial charge in [0.25, 0.3) is 0 Å². The van der Waals surface area contributed by atoms with Crippen molar-refractivity contribution in [1.29, 1.82) is 0 Å². The molecule has 0 bridgehead atoms. The molecule has 1 saturated carbocycles. The van der Waals surface area contributed by atoms with Gasteiger partial charge in [-0.05, 0) is 50.8 Å². The lowest BCUT2D eigenvalue weighted by molar-refractivity contribution is 0.0687. The molecule has 0 atom stereocenters. The highest BCUT2D eigenvalue weighted by molar-refractivity contribution is 5.04. The lowest BCUT2D eigenvalue weighted by atomic mass is 9.76. The zero-order chi connectivity index (χ0) is 13.7. The number of aromatic nitrogens is 1. The molecule has 2 N–H and O–H groups in total. The minimum atomic E-state index is 0.224. The predicted molar refractivity (Wildman–Crippen MR) is 80.0 cm³/mol. The van der Waals surface area contributed by atoms with Crippen molar-refractivity contribution in [1.82, 2.24) is 9.88 Å². The van der Waals surface area contributed by atoms with Crippen molar-refractivity contribution in [2.45, 2.75) is 44.6 Å². The van der Waals surface area contributed by atoms with Crippen molar-refractivity contribution in [3.63, 3.8) is 0 Å². The van der Waals surface area contributed by atoms with Gasteiger partial charge in [-0.25, -0.2) is 0 Å². The number of rotatable bonds is 5. The zero-order valence-electron chi connectivity index (χ0n) is 12.3. The minimum absolute atomic E-state index is 0.224. The monoisotopic (exact) mass is 261 g/mol. The van der Waals surface area contributed by atoms with E-state index < -0.39 is 0 Å². The van der Waals surface area contributed by atoms with E-state index in [4.69, 9.17) is 5.73 Å². The van der Waals surface area contributed by atoms with Crippen LogP contribution < -0.4 is 5.73 Å². The van der Waals surface area contributed by atoms with Crippen LogP contribution in [0.2, 0.25) is 0 Å². The average Bonchev–Trinajstić information content (AvgIpc) is 2.47. The molecule has 0 unspecified atom stereocenters. The first kappa shape index (κ1) is 14.5. The fourth-order valence-corrected chi connectivity index (χ4v) is 3.11. The Morgan fingerprint density at radius 3 is 2.68 bits per heavy atom. The smallest absolute Gasteiger partial charge is 0.0416 e. The highest BCUT2D eigenvalue weighted by Crippen LogP contribution is 2.35. The molecule has 0 aromatic carbocycles. The Morgan fingerprint density at radius 1 is 1.37 bits per heavy atom. The molecule has 0 amide bonds. The molecular weight excluding hydrogens is 234 g/mol. The first-order valence-electron chi connectivity index (χ1n) is 7.47. The minimum Gasteiger partial charge on any atom is -0.329 e. The van der Waals surface area contributed by atoms with Crippen LogP contribution in [0.15, 0.2) is 24.4 Å². The van der Waals surface area contributed by atoms with Crippen LogP contribution in [0.1, 0.15) is 38.3 Å².